The van der Waals surface area contributed by atoms with Gasteiger partial charge in [0.05, 0.1) is 22.1 Å². The molecule has 0 radical (unpaired) electrons. The molecular weight excluding hydrogens is 569 g/mol. The average molecular weight is 605 g/mol. The minimum absolute atomic E-state index is 0.545. The molecule has 1 aliphatic rings. The first-order valence-corrected chi connectivity index (χ1v) is 16.5. The van der Waals surface area contributed by atoms with Crippen molar-refractivity contribution in [2.75, 3.05) is 4.90 Å². The molecule has 1 aromatic heterocycles. The van der Waals surface area contributed by atoms with Gasteiger partial charge in [0.2, 0.25) is 0 Å². The van der Waals surface area contributed by atoms with E-state index in [2.05, 4.69) is 191 Å². The zero-order valence-corrected chi connectivity index (χ0v) is 26.7. The lowest BCUT2D eigenvalue weighted by Crippen LogP contribution is -2.35. The first-order valence-electron chi connectivity index (χ1n) is 16.5. The summed E-state index contributed by atoms with van der Waals surface area (Å²) in [7, 11) is 0. The summed E-state index contributed by atoms with van der Waals surface area (Å²) in [5, 5.41) is 2.56. The fraction of sp³-hybridized carbons (Fsp3) is 0.0667. The van der Waals surface area contributed by atoms with Crippen LogP contribution in [0.4, 0.5) is 17.1 Å². The molecule has 0 saturated carbocycles. The molecule has 0 unspecified atom stereocenters. The molecule has 47 heavy (non-hydrogen) atoms. The van der Waals surface area contributed by atoms with Crippen LogP contribution in [0.25, 0.3) is 27.5 Å². The minimum Gasteiger partial charge on any atom is -0.310 e. The molecule has 1 aliphatic heterocycles. The Bertz CT molecular complexity index is 2220. The Balaban J connectivity index is 0.00000159. The van der Waals surface area contributed by atoms with Gasteiger partial charge in [-0.15, -0.1) is 0 Å². The molecule has 7 aromatic carbocycles. The smallest absolute Gasteiger partial charge is 0.0743 e. The van der Waals surface area contributed by atoms with Gasteiger partial charge in [0, 0.05) is 27.8 Å². The first-order chi connectivity index (χ1) is 23.4. The molecule has 2 nitrogen and oxygen atoms in total. The highest BCUT2D eigenvalue weighted by Gasteiger charge is 2.45. The number of benzene rings is 7. The molecule has 2 heteroatoms. The van der Waals surface area contributed by atoms with E-state index in [0.29, 0.717) is 0 Å². The van der Waals surface area contributed by atoms with Crippen LogP contribution >= 0.6 is 0 Å². The van der Waals surface area contributed by atoms with Crippen molar-refractivity contribution in [1.82, 2.24) is 4.57 Å². The van der Waals surface area contributed by atoms with E-state index in [1.807, 2.05) is 13.8 Å². The van der Waals surface area contributed by atoms with Crippen LogP contribution in [-0.4, -0.2) is 4.57 Å². The van der Waals surface area contributed by atoms with Gasteiger partial charge in [-0.05, 0) is 70.8 Å². The van der Waals surface area contributed by atoms with E-state index in [0.717, 1.165) is 17.1 Å². The second-order valence-electron chi connectivity index (χ2n) is 11.7. The Hall–Kier alpha value is -5.86. The van der Waals surface area contributed by atoms with Crippen molar-refractivity contribution in [1.29, 1.82) is 0 Å². The standard InChI is InChI=1S/C43H30N2.C2H6/c1-5-16-31(17-6-1)43(32-18-7-2-8-19-32)38-26-15-25-37-36-24-13-14-27-40(36)45(42(37)38)41-29-28-35(30-39(41)43)44(33-20-9-3-10-21-33)34-22-11-4-12-23-34;1-2/h1-30H;1-2H3. The Kier molecular flexibility index (Phi) is 7.19. The molecule has 9 rings (SSSR count). The predicted molar refractivity (Wildman–Crippen MR) is 199 cm³/mol. The van der Waals surface area contributed by atoms with Crippen LogP contribution in [-0.2, 0) is 5.41 Å². The number of aromatic nitrogens is 1. The SMILES string of the molecule is CC.c1ccc(N(c2ccccc2)c2ccc3c(c2)C(c2ccccc2)(c2ccccc2)c2cccc4c5ccccc5n-3c24)cc1. The van der Waals surface area contributed by atoms with Crippen molar-refractivity contribution in [2.45, 2.75) is 19.3 Å². The molecule has 226 valence electrons. The number of hydrogen-bond acceptors (Lipinski definition) is 1. The summed E-state index contributed by atoms with van der Waals surface area (Å²) in [5.41, 5.74) is 11.6. The monoisotopic (exact) mass is 604 g/mol. The van der Waals surface area contributed by atoms with Gasteiger partial charge in [0.15, 0.2) is 0 Å². The van der Waals surface area contributed by atoms with E-state index in [-0.39, 0.29) is 0 Å². The fourth-order valence-corrected chi connectivity index (χ4v) is 7.64. The van der Waals surface area contributed by atoms with Gasteiger partial charge in [-0.25, -0.2) is 0 Å². The molecule has 0 aliphatic carbocycles. The topological polar surface area (TPSA) is 8.17 Å². The Labute approximate surface area is 276 Å². The number of para-hydroxylation sites is 4. The van der Waals surface area contributed by atoms with Crippen molar-refractivity contribution < 1.29 is 0 Å². The summed E-state index contributed by atoms with van der Waals surface area (Å²) in [6, 6.07) is 66.2. The summed E-state index contributed by atoms with van der Waals surface area (Å²) in [4.78, 5) is 2.37. The van der Waals surface area contributed by atoms with Crippen molar-refractivity contribution >= 4 is 38.9 Å². The lowest BCUT2D eigenvalue weighted by atomic mass is 9.63. The lowest BCUT2D eigenvalue weighted by molar-refractivity contribution is 0.728. The molecule has 0 spiro atoms. The third-order valence-electron chi connectivity index (χ3n) is 9.42. The van der Waals surface area contributed by atoms with Crippen molar-refractivity contribution in [3.8, 4) is 5.69 Å². The Morgan fingerprint density at radius 2 is 0.936 bits per heavy atom. The summed E-state index contributed by atoms with van der Waals surface area (Å²) >= 11 is 0. The molecular formula is C45H36N2. The maximum absolute atomic E-state index is 2.50. The molecule has 0 amide bonds. The van der Waals surface area contributed by atoms with E-state index < -0.39 is 5.41 Å². The number of hydrogen-bond donors (Lipinski definition) is 0. The van der Waals surface area contributed by atoms with Gasteiger partial charge in [-0.1, -0.05) is 147 Å². The maximum Gasteiger partial charge on any atom is 0.0743 e. The third-order valence-corrected chi connectivity index (χ3v) is 9.42. The summed E-state index contributed by atoms with van der Waals surface area (Å²) in [6.45, 7) is 4.00. The highest BCUT2D eigenvalue weighted by atomic mass is 15.1. The molecule has 0 bridgehead atoms. The second kappa shape index (κ2) is 11.8. The summed E-state index contributed by atoms with van der Waals surface area (Å²) < 4.78 is 2.50. The van der Waals surface area contributed by atoms with E-state index in [1.54, 1.807) is 0 Å². The molecule has 0 N–H and O–H groups in total. The van der Waals surface area contributed by atoms with Gasteiger partial charge in [-0.2, -0.15) is 0 Å². The number of anilines is 3. The predicted octanol–water partition coefficient (Wildman–Crippen LogP) is 12.0. The highest BCUT2D eigenvalue weighted by Crippen LogP contribution is 2.55. The van der Waals surface area contributed by atoms with Gasteiger partial charge in [0.25, 0.3) is 0 Å². The van der Waals surface area contributed by atoms with Crippen LogP contribution < -0.4 is 4.90 Å². The quantitative estimate of drug-likeness (QED) is 0.190. The zero-order chi connectivity index (χ0) is 31.8. The van der Waals surface area contributed by atoms with Crippen molar-refractivity contribution in [3.63, 3.8) is 0 Å². The largest absolute Gasteiger partial charge is 0.310 e. The van der Waals surface area contributed by atoms with Crippen LogP contribution in [0.1, 0.15) is 36.1 Å². The van der Waals surface area contributed by atoms with Gasteiger partial charge in [-0.3, -0.25) is 0 Å². The minimum atomic E-state index is -0.545. The fourth-order valence-electron chi connectivity index (χ4n) is 7.64. The molecule has 0 atom stereocenters. The van der Waals surface area contributed by atoms with E-state index >= 15 is 0 Å². The zero-order valence-electron chi connectivity index (χ0n) is 26.7. The van der Waals surface area contributed by atoms with Crippen LogP contribution in [0, 0.1) is 0 Å². The normalized spacial score (nSPS) is 12.6. The molecule has 8 aromatic rings. The average Bonchev–Trinajstić information content (AvgIpc) is 3.50. The third kappa shape index (κ3) is 4.33. The highest BCUT2D eigenvalue weighted by molar-refractivity contribution is 6.12. The number of rotatable bonds is 5. The molecule has 2 heterocycles. The maximum atomic E-state index is 2.50. The van der Waals surface area contributed by atoms with Crippen LogP contribution in [0.3, 0.4) is 0 Å². The van der Waals surface area contributed by atoms with Crippen LogP contribution in [0.5, 0.6) is 0 Å². The van der Waals surface area contributed by atoms with Gasteiger partial charge >= 0.3 is 0 Å². The summed E-state index contributed by atoms with van der Waals surface area (Å²) in [6.07, 6.45) is 0. The van der Waals surface area contributed by atoms with Crippen molar-refractivity contribution in [3.05, 3.63) is 204 Å². The number of nitrogens with zero attached hydrogens (tertiary/aromatic N) is 2. The van der Waals surface area contributed by atoms with E-state index in [4.69, 9.17) is 0 Å². The number of fused-ring (bicyclic) bond motifs is 5. The second-order valence-corrected chi connectivity index (χ2v) is 11.7. The van der Waals surface area contributed by atoms with E-state index in [9.17, 15) is 0 Å². The first kappa shape index (κ1) is 28.6. The van der Waals surface area contributed by atoms with E-state index in [1.165, 1.54) is 49.7 Å². The Morgan fingerprint density at radius 1 is 0.426 bits per heavy atom. The van der Waals surface area contributed by atoms with Crippen molar-refractivity contribution in [2.24, 2.45) is 0 Å². The summed E-state index contributed by atoms with van der Waals surface area (Å²) in [5.74, 6) is 0. The molecule has 0 saturated heterocycles. The molecule has 0 fully saturated rings. The van der Waals surface area contributed by atoms with Gasteiger partial charge in [0.1, 0.15) is 0 Å². The van der Waals surface area contributed by atoms with Gasteiger partial charge < -0.3 is 9.47 Å². The van der Waals surface area contributed by atoms with Crippen LogP contribution in [0.2, 0.25) is 0 Å². The van der Waals surface area contributed by atoms with Crippen LogP contribution in [0.15, 0.2) is 182 Å². The lowest BCUT2D eigenvalue weighted by Gasteiger charge is -2.42. The Morgan fingerprint density at radius 3 is 1.53 bits per heavy atom.